The van der Waals surface area contributed by atoms with Gasteiger partial charge >= 0.3 is 0 Å². The molecule has 154 valence electrons. The van der Waals surface area contributed by atoms with Crippen LogP contribution in [0.15, 0.2) is 30.6 Å². The zero-order valence-corrected chi connectivity index (χ0v) is 16.3. The summed E-state index contributed by atoms with van der Waals surface area (Å²) in [7, 11) is 0. The number of aryl methyl sites for hydroxylation is 1. The van der Waals surface area contributed by atoms with E-state index >= 15 is 0 Å². The number of aromatic amines is 1. The molecule has 1 saturated heterocycles. The number of aromatic nitrogens is 6. The van der Waals surface area contributed by atoms with E-state index in [-0.39, 0.29) is 17.6 Å². The summed E-state index contributed by atoms with van der Waals surface area (Å²) >= 11 is 0. The first-order valence-electron chi connectivity index (χ1n) is 9.79. The minimum atomic E-state index is -0.739. The summed E-state index contributed by atoms with van der Waals surface area (Å²) in [6.45, 7) is 3.48. The number of hydrogen-bond donors (Lipinski definition) is 3. The summed E-state index contributed by atoms with van der Waals surface area (Å²) in [5, 5.41) is 14.4. The van der Waals surface area contributed by atoms with E-state index in [2.05, 4.69) is 35.8 Å². The van der Waals surface area contributed by atoms with Crippen LogP contribution in [0.3, 0.4) is 0 Å². The van der Waals surface area contributed by atoms with Gasteiger partial charge in [-0.25, -0.2) is 18.7 Å². The third-order valence-corrected chi connectivity index (χ3v) is 5.20. The number of nitrogens with one attached hydrogen (secondary N) is 3. The molecule has 30 heavy (non-hydrogen) atoms. The summed E-state index contributed by atoms with van der Waals surface area (Å²) in [5.41, 5.74) is 1.87. The van der Waals surface area contributed by atoms with E-state index in [1.807, 2.05) is 19.1 Å². The van der Waals surface area contributed by atoms with Gasteiger partial charge in [0.15, 0.2) is 23.3 Å². The maximum atomic E-state index is 14.6. The number of halogens is 2. The molecule has 0 unspecified atom stereocenters. The molecule has 1 aliphatic heterocycles. The van der Waals surface area contributed by atoms with Crippen LogP contribution < -0.4 is 10.6 Å². The van der Waals surface area contributed by atoms with Gasteiger partial charge in [-0.15, -0.1) is 10.2 Å². The van der Waals surface area contributed by atoms with Gasteiger partial charge in [0.05, 0.1) is 11.9 Å². The molecule has 4 aromatic heterocycles. The maximum Gasteiger partial charge on any atom is 0.168 e. The highest BCUT2D eigenvalue weighted by Gasteiger charge is 2.20. The Morgan fingerprint density at radius 3 is 2.87 bits per heavy atom. The quantitative estimate of drug-likeness (QED) is 0.479. The van der Waals surface area contributed by atoms with Crippen molar-refractivity contribution >= 4 is 11.5 Å². The van der Waals surface area contributed by atoms with E-state index < -0.39 is 11.6 Å². The lowest BCUT2D eigenvalue weighted by Gasteiger charge is -2.24. The number of H-pyrrole nitrogens is 1. The van der Waals surface area contributed by atoms with Crippen LogP contribution in [0.5, 0.6) is 0 Å². The standard InChI is InChI=1S/C20H20F2N8/c1-11-25-19(29-28-11)12-4-6-30-16(10-24-17(30)7-12)18-14(21)8-15(22)20(27-18)26-13-3-2-5-23-9-13/h4,6-8,10,13,23H,2-3,5,9H2,1H3,(H,26,27)(H,25,28,29)/t13-/m1/s1. The van der Waals surface area contributed by atoms with Crippen LogP contribution in [-0.2, 0) is 0 Å². The van der Waals surface area contributed by atoms with E-state index in [1.165, 1.54) is 6.20 Å². The summed E-state index contributed by atoms with van der Waals surface area (Å²) in [6.07, 6.45) is 5.18. The molecule has 0 aliphatic carbocycles. The Hall–Kier alpha value is -3.40. The van der Waals surface area contributed by atoms with Gasteiger partial charge in [-0.05, 0) is 38.4 Å². The summed E-state index contributed by atoms with van der Waals surface area (Å²) in [5.74, 6) is -0.0723. The van der Waals surface area contributed by atoms with Crippen LogP contribution in [0, 0.1) is 18.6 Å². The van der Waals surface area contributed by atoms with Crippen LogP contribution in [0.4, 0.5) is 14.6 Å². The second kappa shape index (κ2) is 7.45. The molecule has 10 heteroatoms. The van der Waals surface area contributed by atoms with Crippen molar-refractivity contribution in [1.29, 1.82) is 0 Å². The minimum Gasteiger partial charge on any atom is -0.364 e. The Morgan fingerprint density at radius 2 is 2.10 bits per heavy atom. The second-order valence-corrected chi connectivity index (χ2v) is 7.38. The smallest absolute Gasteiger partial charge is 0.168 e. The number of piperidine rings is 1. The van der Waals surface area contributed by atoms with Crippen LogP contribution in [0.2, 0.25) is 0 Å². The number of fused-ring (bicyclic) bond motifs is 1. The van der Waals surface area contributed by atoms with Gasteiger partial charge in [-0.1, -0.05) is 0 Å². The molecule has 0 bridgehead atoms. The van der Waals surface area contributed by atoms with E-state index in [9.17, 15) is 8.78 Å². The summed E-state index contributed by atoms with van der Waals surface area (Å²) in [4.78, 5) is 11.7. The van der Waals surface area contributed by atoms with Crippen LogP contribution in [0.1, 0.15) is 18.7 Å². The number of anilines is 1. The van der Waals surface area contributed by atoms with E-state index in [1.54, 1.807) is 10.6 Å². The summed E-state index contributed by atoms with van der Waals surface area (Å²) in [6, 6.07) is 4.56. The zero-order chi connectivity index (χ0) is 20.7. The monoisotopic (exact) mass is 410 g/mol. The molecule has 0 saturated carbocycles. The zero-order valence-electron chi connectivity index (χ0n) is 16.3. The van der Waals surface area contributed by atoms with Crippen molar-refractivity contribution in [3.63, 3.8) is 0 Å². The third-order valence-electron chi connectivity index (χ3n) is 5.20. The Kier molecular flexibility index (Phi) is 4.62. The lowest BCUT2D eigenvalue weighted by molar-refractivity contribution is 0.475. The molecule has 5 rings (SSSR count). The van der Waals surface area contributed by atoms with E-state index in [4.69, 9.17) is 0 Å². The minimum absolute atomic E-state index is 0.0402. The molecule has 3 N–H and O–H groups in total. The van der Waals surface area contributed by atoms with Crippen molar-refractivity contribution in [2.75, 3.05) is 18.4 Å². The first-order chi connectivity index (χ1) is 14.6. The fourth-order valence-corrected chi connectivity index (χ4v) is 3.70. The molecule has 0 radical (unpaired) electrons. The highest BCUT2D eigenvalue weighted by molar-refractivity contribution is 5.67. The molecule has 0 spiro atoms. The number of pyridine rings is 2. The van der Waals surface area contributed by atoms with Gasteiger partial charge in [0.25, 0.3) is 0 Å². The van der Waals surface area contributed by atoms with Crippen LogP contribution in [0.25, 0.3) is 28.4 Å². The SMILES string of the molecule is Cc1nnc(-c2ccn3c(-c4nc(N[C@@H]5CCCNC5)c(F)cc4F)cnc3c2)[nH]1. The second-order valence-electron chi connectivity index (χ2n) is 7.38. The van der Waals surface area contributed by atoms with Crippen molar-refractivity contribution in [2.45, 2.75) is 25.8 Å². The van der Waals surface area contributed by atoms with Gasteiger partial charge in [-0.2, -0.15) is 0 Å². The fraction of sp³-hybridized carbons (Fsp3) is 0.300. The number of hydrogen-bond acceptors (Lipinski definition) is 6. The molecule has 0 amide bonds. The van der Waals surface area contributed by atoms with Crippen molar-refractivity contribution in [3.8, 4) is 22.8 Å². The fourth-order valence-electron chi connectivity index (χ4n) is 3.70. The van der Waals surface area contributed by atoms with Gasteiger partial charge in [0, 0.05) is 30.4 Å². The number of imidazole rings is 1. The molecule has 8 nitrogen and oxygen atoms in total. The Balaban J connectivity index is 1.52. The molecule has 1 fully saturated rings. The van der Waals surface area contributed by atoms with Gasteiger partial charge in [0.2, 0.25) is 0 Å². The highest BCUT2D eigenvalue weighted by Crippen LogP contribution is 2.27. The van der Waals surface area contributed by atoms with E-state index in [0.29, 0.717) is 29.5 Å². The van der Waals surface area contributed by atoms with Crippen molar-refractivity contribution in [3.05, 3.63) is 48.1 Å². The van der Waals surface area contributed by atoms with Crippen molar-refractivity contribution in [2.24, 2.45) is 0 Å². The lowest BCUT2D eigenvalue weighted by Crippen LogP contribution is -2.38. The molecule has 1 atom stereocenters. The van der Waals surface area contributed by atoms with Gasteiger partial charge in [-0.3, -0.25) is 4.40 Å². The van der Waals surface area contributed by atoms with Crippen LogP contribution >= 0.6 is 0 Å². The average Bonchev–Trinajstić information content (AvgIpc) is 3.36. The predicted octanol–water partition coefficient (Wildman–Crippen LogP) is 2.93. The Bertz CT molecular complexity index is 1210. The van der Waals surface area contributed by atoms with Crippen molar-refractivity contribution in [1.82, 2.24) is 34.9 Å². The topological polar surface area (TPSA) is 95.8 Å². The van der Waals surface area contributed by atoms with E-state index in [0.717, 1.165) is 31.0 Å². The third kappa shape index (κ3) is 3.39. The maximum absolute atomic E-state index is 14.6. The normalized spacial score (nSPS) is 16.8. The lowest BCUT2D eigenvalue weighted by atomic mass is 10.1. The molecule has 1 aliphatic rings. The predicted molar refractivity (Wildman–Crippen MR) is 108 cm³/mol. The van der Waals surface area contributed by atoms with Crippen LogP contribution in [-0.4, -0.2) is 48.7 Å². The average molecular weight is 410 g/mol. The molecular weight excluding hydrogens is 390 g/mol. The van der Waals surface area contributed by atoms with Crippen molar-refractivity contribution < 1.29 is 8.78 Å². The number of nitrogens with zero attached hydrogens (tertiary/aromatic N) is 5. The molecule has 0 aromatic carbocycles. The molecule has 4 aromatic rings. The first kappa shape index (κ1) is 18.6. The first-order valence-corrected chi connectivity index (χ1v) is 9.79. The Labute approximate surface area is 170 Å². The Morgan fingerprint density at radius 1 is 1.20 bits per heavy atom. The van der Waals surface area contributed by atoms with Gasteiger partial charge in [0.1, 0.15) is 17.2 Å². The summed E-state index contributed by atoms with van der Waals surface area (Å²) < 4.78 is 30.7. The van der Waals surface area contributed by atoms with Gasteiger partial charge < -0.3 is 15.6 Å². The molecular formula is C20H20F2N8. The number of rotatable bonds is 4. The molecule has 5 heterocycles. The largest absolute Gasteiger partial charge is 0.364 e. The highest BCUT2D eigenvalue weighted by atomic mass is 19.1.